The van der Waals surface area contributed by atoms with Gasteiger partial charge in [-0.3, -0.25) is 0 Å². The van der Waals surface area contributed by atoms with Crippen molar-refractivity contribution in [1.82, 2.24) is 4.98 Å². The molecule has 0 unspecified atom stereocenters. The van der Waals surface area contributed by atoms with Crippen LogP contribution in [0.2, 0.25) is 0 Å². The maximum Gasteiger partial charge on any atom is 0.0930 e. The molecule has 2 rings (SSSR count). The third-order valence-electron chi connectivity index (χ3n) is 4.75. The van der Waals surface area contributed by atoms with Gasteiger partial charge in [0.2, 0.25) is 0 Å². The quantitative estimate of drug-likeness (QED) is 0.703. The second-order valence-corrected chi connectivity index (χ2v) is 8.72. The van der Waals surface area contributed by atoms with Gasteiger partial charge in [0.25, 0.3) is 0 Å². The Morgan fingerprint density at radius 1 is 1.21 bits per heavy atom. The van der Waals surface area contributed by atoms with Crippen molar-refractivity contribution in [3.63, 3.8) is 0 Å². The number of hydrogen-bond donors (Lipinski definition) is 0. The first-order chi connectivity index (χ1) is 8.85. The van der Waals surface area contributed by atoms with Crippen molar-refractivity contribution >= 4 is 11.3 Å². The van der Waals surface area contributed by atoms with E-state index in [1.165, 1.54) is 37.1 Å². The average molecular weight is 279 g/mol. The summed E-state index contributed by atoms with van der Waals surface area (Å²) in [5.74, 6) is 0.705. The van der Waals surface area contributed by atoms with Crippen molar-refractivity contribution in [2.24, 2.45) is 11.3 Å². The maximum absolute atomic E-state index is 4.71. The molecule has 1 heterocycles. The molecule has 0 bridgehead atoms. The number of nitrogens with zero attached hydrogens (tertiary/aromatic N) is 1. The summed E-state index contributed by atoms with van der Waals surface area (Å²) in [5, 5.41) is 1.33. The fraction of sp³-hybridized carbons (Fsp3) is 0.824. The van der Waals surface area contributed by atoms with E-state index in [2.05, 4.69) is 40.8 Å². The highest BCUT2D eigenvalue weighted by atomic mass is 32.1. The van der Waals surface area contributed by atoms with E-state index in [1.54, 1.807) is 4.88 Å². The Morgan fingerprint density at radius 3 is 2.37 bits per heavy atom. The average Bonchev–Trinajstić information content (AvgIpc) is 2.76. The molecule has 0 spiro atoms. The molecule has 0 aromatic carbocycles. The van der Waals surface area contributed by atoms with Crippen LogP contribution in [0.25, 0.3) is 0 Å². The molecule has 1 aliphatic rings. The van der Waals surface area contributed by atoms with E-state index in [1.807, 2.05) is 11.3 Å². The number of thiazole rings is 1. The van der Waals surface area contributed by atoms with Crippen LogP contribution in [0.5, 0.6) is 0 Å². The van der Waals surface area contributed by atoms with Gasteiger partial charge in [0, 0.05) is 22.9 Å². The molecule has 1 aliphatic carbocycles. The molecule has 1 fully saturated rings. The van der Waals surface area contributed by atoms with Gasteiger partial charge >= 0.3 is 0 Å². The van der Waals surface area contributed by atoms with Crippen molar-refractivity contribution in [1.29, 1.82) is 0 Å². The lowest BCUT2D eigenvalue weighted by atomic mass is 9.59. The monoisotopic (exact) mass is 279 g/mol. The second-order valence-electron chi connectivity index (χ2n) is 7.61. The fourth-order valence-electron chi connectivity index (χ4n) is 3.50. The Hall–Kier alpha value is -0.370. The van der Waals surface area contributed by atoms with Gasteiger partial charge in [-0.25, -0.2) is 4.98 Å². The smallest absolute Gasteiger partial charge is 0.0930 e. The maximum atomic E-state index is 4.71. The van der Waals surface area contributed by atoms with Gasteiger partial charge in [-0.2, -0.15) is 0 Å². The highest BCUT2D eigenvalue weighted by molar-refractivity contribution is 7.11. The number of aromatic nitrogens is 1. The van der Waals surface area contributed by atoms with E-state index in [0.717, 1.165) is 6.42 Å². The first-order valence-corrected chi connectivity index (χ1v) is 8.62. The lowest BCUT2D eigenvalue weighted by Gasteiger charge is -2.47. The molecule has 19 heavy (non-hydrogen) atoms. The van der Waals surface area contributed by atoms with Crippen LogP contribution in [0.3, 0.4) is 0 Å². The first kappa shape index (κ1) is 15.0. The Bertz CT molecular complexity index is 405. The normalized spacial score (nSPS) is 19.9. The van der Waals surface area contributed by atoms with E-state index in [4.69, 9.17) is 4.98 Å². The number of rotatable bonds is 3. The molecule has 1 aromatic rings. The first-order valence-electron chi connectivity index (χ1n) is 7.80. The SMILES string of the molecule is CC(C)Cc1ncc(C2(C(C)(C)C)CCCCC2)s1. The van der Waals surface area contributed by atoms with Crippen LogP contribution in [0.15, 0.2) is 6.20 Å². The summed E-state index contributed by atoms with van der Waals surface area (Å²) in [7, 11) is 0. The molecule has 2 heteroatoms. The molecule has 1 aromatic heterocycles. The zero-order valence-electron chi connectivity index (χ0n) is 13.3. The molecule has 0 aliphatic heterocycles. The van der Waals surface area contributed by atoms with Crippen LogP contribution in [0.4, 0.5) is 0 Å². The minimum atomic E-state index is 0.342. The van der Waals surface area contributed by atoms with Gasteiger partial charge < -0.3 is 0 Å². The van der Waals surface area contributed by atoms with Crippen LogP contribution in [0, 0.1) is 11.3 Å². The summed E-state index contributed by atoms with van der Waals surface area (Å²) >= 11 is 1.98. The van der Waals surface area contributed by atoms with Gasteiger partial charge in [0.1, 0.15) is 0 Å². The topological polar surface area (TPSA) is 12.9 Å². The predicted molar refractivity (Wildman–Crippen MR) is 84.9 cm³/mol. The summed E-state index contributed by atoms with van der Waals surface area (Å²) in [6.07, 6.45) is 10.2. The molecular weight excluding hydrogens is 250 g/mol. The lowest BCUT2D eigenvalue weighted by Crippen LogP contribution is -2.41. The van der Waals surface area contributed by atoms with Gasteiger partial charge in [-0.15, -0.1) is 11.3 Å². The van der Waals surface area contributed by atoms with E-state index in [9.17, 15) is 0 Å². The molecule has 108 valence electrons. The van der Waals surface area contributed by atoms with Crippen LogP contribution < -0.4 is 0 Å². The molecule has 0 amide bonds. The van der Waals surface area contributed by atoms with Crippen LogP contribution in [-0.4, -0.2) is 4.98 Å². The minimum Gasteiger partial charge on any atom is -0.249 e. The van der Waals surface area contributed by atoms with Crippen molar-refractivity contribution in [3.8, 4) is 0 Å². The van der Waals surface area contributed by atoms with Crippen molar-refractivity contribution in [2.75, 3.05) is 0 Å². The molecule has 0 saturated heterocycles. The second kappa shape index (κ2) is 5.55. The third kappa shape index (κ3) is 3.04. The molecule has 0 atom stereocenters. The highest BCUT2D eigenvalue weighted by Gasteiger charge is 2.45. The third-order valence-corrected chi connectivity index (χ3v) is 5.97. The molecule has 0 radical (unpaired) electrons. The summed E-state index contributed by atoms with van der Waals surface area (Å²) in [4.78, 5) is 6.26. The summed E-state index contributed by atoms with van der Waals surface area (Å²) in [6, 6.07) is 0. The Morgan fingerprint density at radius 2 is 1.84 bits per heavy atom. The summed E-state index contributed by atoms with van der Waals surface area (Å²) in [5.41, 5.74) is 0.715. The van der Waals surface area contributed by atoms with Crippen LogP contribution in [-0.2, 0) is 11.8 Å². The van der Waals surface area contributed by atoms with Crippen LogP contribution >= 0.6 is 11.3 Å². The van der Waals surface area contributed by atoms with Gasteiger partial charge in [0.15, 0.2) is 0 Å². The van der Waals surface area contributed by atoms with Crippen LogP contribution in [0.1, 0.15) is 76.6 Å². The molecule has 0 N–H and O–H groups in total. The molecule has 1 saturated carbocycles. The highest BCUT2D eigenvalue weighted by Crippen LogP contribution is 2.52. The number of hydrogen-bond acceptors (Lipinski definition) is 2. The van der Waals surface area contributed by atoms with E-state index < -0.39 is 0 Å². The Balaban J connectivity index is 2.31. The van der Waals surface area contributed by atoms with Gasteiger partial charge in [0.05, 0.1) is 5.01 Å². The summed E-state index contributed by atoms with van der Waals surface area (Å²) < 4.78 is 0. The van der Waals surface area contributed by atoms with E-state index in [-0.39, 0.29) is 0 Å². The zero-order valence-corrected chi connectivity index (χ0v) is 14.1. The van der Waals surface area contributed by atoms with Gasteiger partial charge in [-0.05, 0) is 24.2 Å². The van der Waals surface area contributed by atoms with Crippen molar-refractivity contribution < 1.29 is 0 Å². The predicted octanol–water partition coefficient (Wildman–Crippen LogP) is 5.59. The molecular formula is C17H29NS. The zero-order chi connectivity index (χ0) is 14.1. The fourth-order valence-corrected chi connectivity index (χ4v) is 5.08. The van der Waals surface area contributed by atoms with Crippen molar-refractivity contribution in [3.05, 3.63) is 16.1 Å². The summed E-state index contributed by atoms with van der Waals surface area (Å²) in [6.45, 7) is 11.8. The van der Waals surface area contributed by atoms with Crippen molar-refractivity contribution in [2.45, 2.75) is 78.6 Å². The standard InChI is InChI=1S/C17H29NS/c1-13(2)11-15-18-12-14(19-15)17(16(3,4)5)9-7-6-8-10-17/h12-13H,6-11H2,1-5H3. The van der Waals surface area contributed by atoms with Gasteiger partial charge in [-0.1, -0.05) is 53.9 Å². The Kier molecular flexibility index (Phi) is 4.39. The van der Waals surface area contributed by atoms with E-state index in [0.29, 0.717) is 16.7 Å². The molecule has 1 nitrogen and oxygen atoms in total. The van der Waals surface area contributed by atoms with E-state index >= 15 is 0 Å². The largest absolute Gasteiger partial charge is 0.249 e. The lowest BCUT2D eigenvalue weighted by molar-refractivity contribution is 0.129. The minimum absolute atomic E-state index is 0.342. The Labute approximate surface area is 122 Å².